The van der Waals surface area contributed by atoms with Crippen LogP contribution in [0.1, 0.15) is 43.9 Å². The number of nitrogens with zero attached hydrogens (tertiary/aromatic N) is 1. The van der Waals surface area contributed by atoms with E-state index in [1.807, 2.05) is 42.5 Å². The number of benzene rings is 3. The van der Waals surface area contributed by atoms with E-state index in [0.29, 0.717) is 44.7 Å². The Morgan fingerprint density at radius 2 is 1.67 bits per heavy atom. The summed E-state index contributed by atoms with van der Waals surface area (Å²) in [7, 11) is 0. The Morgan fingerprint density at radius 3 is 2.39 bits per heavy atom. The highest BCUT2D eigenvalue weighted by molar-refractivity contribution is 6.35. The van der Waals surface area contributed by atoms with Crippen LogP contribution < -0.4 is 10.2 Å². The highest BCUT2D eigenvalue weighted by Crippen LogP contribution is 2.49. The topological polar surface area (TPSA) is 49.4 Å². The van der Waals surface area contributed by atoms with Crippen LogP contribution in [0.5, 0.6) is 0 Å². The first kappa shape index (κ1) is 24.9. The molecule has 36 heavy (non-hydrogen) atoms. The van der Waals surface area contributed by atoms with Crippen molar-refractivity contribution >= 4 is 57.9 Å². The van der Waals surface area contributed by atoms with Crippen LogP contribution in [0.15, 0.2) is 78.0 Å². The van der Waals surface area contributed by atoms with Crippen molar-refractivity contribution in [2.75, 3.05) is 10.2 Å². The minimum atomic E-state index is -0.704. The maximum absolute atomic E-state index is 14.1. The molecule has 0 bridgehead atoms. The molecule has 0 saturated heterocycles. The van der Waals surface area contributed by atoms with Gasteiger partial charge in [0.2, 0.25) is 5.91 Å². The number of hydrogen-bond acceptors (Lipinski definition) is 3. The molecule has 1 N–H and O–H groups in total. The van der Waals surface area contributed by atoms with Gasteiger partial charge in [-0.1, -0.05) is 79.0 Å². The van der Waals surface area contributed by atoms with Crippen LogP contribution in [-0.4, -0.2) is 11.7 Å². The number of Topliss-reactive ketones (excluding diaryl/α,β-unsaturated/α-hetero) is 1. The Labute approximate surface area is 225 Å². The number of nitrogens with one attached hydrogen (secondary N) is 1. The lowest BCUT2D eigenvalue weighted by atomic mass is 9.73. The van der Waals surface area contributed by atoms with Crippen molar-refractivity contribution in [3.63, 3.8) is 0 Å². The fraction of sp³-hybridized carbons (Fsp3) is 0.241. The van der Waals surface area contributed by atoms with Gasteiger partial charge in [-0.15, -0.1) is 0 Å². The van der Waals surface area contributed by atoms with Crippen molar-refractivity contribution in [2.45, 2.75) is 39.2 Å². The smallest absolute Gasteiger partial charge is 0.232 e. The SMILES string of the molecule is CC1(C)CC(=O)C2=C(C1)Nc1ccccc1N(C(=O)Cc1ccc(Cl)cc1)[C@@H]2c1ccc(Cl)cc1Cl. The molecule has 3 aromatic carbocycles. The van der Waals surface area contributed by atoms with Gasteiger partial charge in [0.1, 0.15) is 0 Å². The molecule has 0 aromatic heterocycles. The number of hydrogen-bond donors (Lipinski definition) is 1. The summed E-state index contributed by atoms with van der Waals surface area (Å²) in [4.78, 5) is 29.6. The van der Waals surface area contributed by atoms with Crippen molar-refractivity contribution in [1.82, 2.24) is 0 Å². The third-order valence-electron chi connectivity index (χ3n) is 6.70. The quantitative estimate of drug-likeness (QED) is 0.366. The number of rotatable bonds is 3. The fourth-order valence-electron chi connectivity index (χ4n) is 5.14. The number of para-hydroxylation sites is 2. The second-order valence-electron chi connectivity index (χ2n) is 10.1. The van der Waals surface area contributed by atoms with E-state index < -0.39 is 6.04 Å². The van der Waals surface area contributed by atoms with Gasteiger partial charge in [-0.3, -0.25) is 14.5 Å². The number of ketones is 1. The van der Waals surface area contributed by atoms with Crippen LogP contribution >= 0.6 is 34.8 Å². The zero-order valence-corrected chi connectivity index (χ0v) is 22.2. The number of amides is 1. The highest BCUT2D eigenvalue weighted by Gasteiger charge is 2.43. The third kappa shape index (κ3) is 4.78. The molecule has 4 nitrogen and oxygen atoms in total. The van der Waals surface area contributed by atoms with Crippen molar-refractivity contribution in [3.8, 4) is 0 Å². The molecular formula is C29H25Cl3N2O2. The van der Waals surface area contributed by atoms with Crippen molar-refractivity contribution in [1.29, 1.82) is 0 Å². The minimum absolute atomic E-state index is 0.00173. The molecule has 1 aliphatic carbocycles. The zero-order chi connectivity index (χ0) is 25.6. The number of allylic oxidation sites excluding steroid dienone is 1. The van der Waals surface area contributed by atoms with Crippen molar-refractivity contribution in [2.24, 2.45) is 5.41 Å². The molecule has 1 amide bonds. The van der Waals surface area contributed by atoms with Crippen LogP contribution in [-0.2, 0) is 16.0 Å². The van der Waals surface area contributed by atoms with Gasteiger partial charge in [-0.05, 0) is 59.4 Å². The fourth-order valence-corrected chi connectivity index (χ4v) is 5.78. The third-order valence-corrected chi connectivity index (χ3v) is 7.51. The molecule has 184 valence electrons. The first-order chi connectivity index (χ1) is 17.1. The Hall–Kier alpha value is -2.79. The molecule has 0 unspecified atom stereocenters. The van der Waals surface area contributed by atoms with Gasteiger partial charge in [0.25, 0.3) is 0 Å². The van der Waals surface area contributed by atoms with Crippen LogP contribution in [0.25, 0.3) is 0 Å². The average molecular weight is 540 g/mol. The van der Waals surface area contributed by atoms with Gasteiger partial charge in [0, 0.05) is 32.8 Å². The molecular weight excluding hydrogens is 515 g/mol. The molecule has 0 fully saturated rings. The molecule has 0 saturated carbocycles. The lowest BCUT2D eigenvalue weighted by Crippen LogP contribution is -2.40. The molecule has 2 aliphatic rings. The van der Waals surface area contributed by atoms with E-state index in [1.54, 1.807) is 29.2 Å². The molecule has 0 spiro atoms. The van der Waals surface area contributed by atoms with Crippen molar-refractivity contribution in [3.05, 3.63) is 104 Å². The Bertz CT molecular complexity index is 1400. The van der Waals surface area contributed by atoms with Gasteiger partial charge in [0.05, 0.1) is 23.8 Å². The van der Waals surface area contributed by atoms with E-state index >= 15 is 0 Å². The molecule has 5 rings (SSSR count). The minimum Gasteiger partial charge on any atom is -0.357 e. The van der Waals surface area contributed by atoms with E-state index in [2.05, 4.69) is 19.2 Å². The largest absolute Gasteiger partial charge is 0.357 e. The Morgan fingerprint density at radius 1 is 0.972 bits per heavy atom. The molecule has 7 heteroatoms. The summed E-state index contributed by atoms with van der Waals surface area (Å²) in [6.07, 6.45) is 1.18. The molecule has 1 heterocycles. The van der Waals surface area contributed by atoms with E-state index in [9.17, 15) is 9.59 Å². The van der Waals surface area contributed by atoms with Crippen molar-refractivity contribution < 1.29 is 9.59 Å². The summed E-state index contributed by atoms with van der Waals surface area (Å²) in [5.74, 6) is -0.157. The normalized spacial score (nSPS) is 18.8. The van der Waals surface area contributed by atoms with Gasteiger partial charge >= 0.3 is 0 Å². The Kier molecular flexibility index (Phi) is 6.63. The monoisotopic (exact) mass is 538 g/mol. The standard InChI is InChI=1S/C29H25Cl3N2O2/c1-29(2)15-23-27(25(35)16-29)28(20-12-11-19(31)14-21(20)32)34(24-6-4-3-5-22(24)33-23)26(36)13-17-7-9-18(30)10-8-17/h3-12,14,28,33H,13,15-16H2,1-2H3/t28-/m1/s1. The first-order valence-corrected chi connectivity index (χ1v) is 12.9. The number of carbonyl (C=O) groups excluding carboxylic acids is 2. The van der Waals surface area contributed by atoms with Gasteiger partial charge in [-0.2, -0.15) is 0 Å². The summed E-state index contributed by atoms with van der Waals surface area (Å²) in [5.41, 5.74) is 4.12. The number of anilines is 2. The van der Waals surface area contributed by atoms with E-state index in [-0.39, 0.29) is 23.5 Å². The van der Waals surface area contributed by atoms with Crippen LogP contribution in [0.2, 0.25) is 15.1 Å². The number of fused-ring (bicyclic) bond motifs is 1. The molecule has 1 aliphatic heterocycles. The van der Waals surface area contributed by atoms with Crippen LogP contribution in [0.3, 0.4) is 0 Å². The number of carbonyl (C=O) groups is 2. The highest BCUT2D eigenvalue weighted by atomic mass is 35.5. The van der Waals surface area contributed by atoms with Gasteiger partial charge in [-0.25, -0.2) is 0 Å². The maximum Gasteiger partial charge on any atom is 0.232 e. The summed E-state index contributed by atoms with van der Waals surface area (Å²) in [6, 6.07) is 19.3. The van der Waals surface area contributed by atoms with E-state index in [4.69, 9.17) is 34.8 Å². The first-order valence-electron chi connectivity index (χ1n) is 11.8. The Balaban J connectivity index is 1.73. The van der Waals surface area contributed by atoms with E-state index in [0.717, 1.165) is 16.9 Å². The second kappa shape index (κ2) is 9.59. The van der Waals surface area contributed by atoms with Crippen LogP contribution in [0.4, 0.5) is 11.4 Å². The molecule has 0 radical (unpaired) electrons. The maximum atomic E-state index is 14.1. The van der Waals surface area contributed by atoms with Gasteiger partial charge < -0.3 is 5.32 Å². The van der Waals surface area contributed by atoms with E-state index in [1.165, 1.54) is 0 Å². The van der Waals surface area contributed by atoms with Crippen LogP contribution in [0, 0.1) is 5.41 Å². The molecule has 3 aromatic rings. The number of halogens is 3. The zero-order valence-electron chi connectivity index (χ0n) is 19.9. The molecule has 1 atom stereocenters. The lowest BCUT2D eigenvalue weighted by molar-refractivity contribution is -0.119. The summed E-state index contributed by atoms with van der Waals surface area (Å²) in [6.45, 7) is 4.17. The lowest BCUT2D eigenvalue weighted by Gasteiger charge is -2.37. The summed E-state index contributed by atoms with van der Waals surface area (Å²) >= 11 is 19.0. The predicted octanol–water partition coefficient (Wildman–Crippen LogP) is 8.03. The predicted molar refractivity (Wildman–Crippen MR) is 147 cm³/mol. The second-order valence-corrected chi connectivity index (χ2v) is 11.4. The summed E-state index contributed by atoms with van der Waals surface area (Å²) < 4.78 is 0. The van der Waals surface area contributed by atoms with Gasteiger partial charge in [0.15, 0.2) is 5.78 Å². The summed E-state index contributed by atoms with van der Waals surface area (Å²) in [5, 5.41) is 5.01. The average Bonchev–Trinajstić information content (AvgIpc) is 2.94.